The second-order valence-electron chi connectivity index (χ2n) is 5.97. The third-order valence-corrected chi connectivity index (χ3v) is 5.37. The minimum absolute atomic E-state index is 0.246. The summed E-state index contributed by atoms with van der Waals surface area (Å²) in [6.45, 7) is 7.97. The lowest BCUT2D eigenvalue weighted by molar-refractivity contribution is 0.0306. The molecule has 0 bridgehead atoms. The first kappa shape index (κ1) is 13.3. The second-order valence-corrected chi connectivity index (χ2v) is 5.97. The standard InChI is InChI=1S/C14H29N3/c1-4-12(2)16(3)14(11-15)8-10-17-9-6-5-7-13(14)17/h12-13H,4-11,15H2,1-3H3. The normalized spacial score (nSPS) is 36.2. The van der Waals surface area contributed by atoms with Gasteiger partial charge in [0.15, 0.2) is 0 Å². The van der Waals surface area contributed by atoms with Gasteiger partial charge >= 0.3 is 0 Å². The Morgan fingerprint density at radius 1 is 1.41 bits per heavy atom. The predicted molar refractivity (Wildman–Crippen MR) is 73.1 cm³/mol. The van der Waals surface area contributed by atoms with Crippen LogP contribution in [0.1, 0.15) is 46.0 Å². The van der Waals surface area contributed by atoms with E-state index in [-0.39, 0.29) is 5.54 Å². The molecule has 2 fully saturated rings. The van der Waals surface area contributed by atoms with Gasteiger partial charge in [0.2, 0.25) is 0 Å². The van der Waals surface area contributed by atoms with E-state index in [0.717, 1.165) is 6.54 Å². The molecule has 0 aromatic rings. The van der Waals surface area contributed by atoms with Gasteiger partial charge in [0, 0.05) is 30.7 Å². The van der Waals surface area contributed by atoms with Crippen molar-refractivity contribution in [3.05, 3.63) is 0 Å². The van der Waals surface area contributed by atoms with E-state index in [1.165, 1.54) is 45.2 Å². The lowest BCUT2D eigenvalue weighted by Crippen LogP contribution is -2.62. The summed E-state index contributed by atoms with van der Waals surface area (Å²) in [6.07, 6.45) is 6.58. The van der Waals surface area contributed by atoms with Gasteiger partial charge in [-0.25, -0.2) is 0 Å². The molecule has 3 heteroatoms. The van der Waals surface area contributed by atoms with E-state index in [9.17, 15) is 0 Å². The van der Waals surface area contributed by atoms with Crippen molar-refractivity contribution in [2.24, 2.45) is 5.73 Å². The Kier molecular flexibility index (Phi) is 4.11. The Labute approximate surface area is 106 Å². The van der Waals surface area contributed by atoms with E-state index in [0.29, 0.717) is 12.1 Å². The van der Waals surface area contributed by atoms with Gasteiger partial charge in [-0.1, -0.05) is 13.3 Å². The van der Waals surface area contributed by atoms with Gasteiger partial charge in [0.05, 0.1) is 0 Å². The van der Waals surface area contributed by atoms with Gasteiger partial charge < -0.3 is 5.73 Å². The molecule has 2 aliphatic heterocycles. The Morgan fingerprint density at radius 2 is 2.18 bits per heavy atom. The Balaban J connectivity index is 2.18. The van der Waals surface area contributed by atoms with Gasteiger partial charge in [-0.3, -0.25) is 9.80 Å². The zero-order valence-electron chi connectivity index (χ0n) is 11.8. The van der Waals surface area contributed by atoms with Crippen LogP contribution in [-0.4, -0.2) is 54.1 Å². The highest BCUT2D eigenvalue weighted by atomic mass is 15.3. The second kappa shape index (κ2) is 5.25. The highest BCUT2D eigenvalue weighted by molar-refractivity contribution is 5.08. The maximum atomic E-state index is 6.20. The molecule has 0 amide bonds. The summed E-state index contributed by atoms with van der Waals surface area (Å²) in [6, 6.07) is 1.35. The number of rotatable bonds is 4. The van der Waals surface area contributed by atoms with Crippen LogP contribution < -0.4 is 5.73 Å². The molecule has 17 heavy (non-hydrogen) atoms. The summed E-state index contributed by atoms with van der Waals surface area (Å²) in [5.41, 5.74) is 6.45. The van der Waals surface area contributed by atoms with Gasteiger partial charge in [0.1, 0.15) is 0 Å². The smallest absolute Gasteiger partial charge is 0.0498 e. The summed E-state index contributed by atoms with van der Waals surface area (Å²) < 4.78 is 0. The molecule has 3 atom stereocenters. The number of piperidine rings is 1. The first-order valence-corrected chi connectivity index (χ1v) is 7.32. The molecule has 0 aromatic heterocycles. The fourth-order valence-corrected chi connectivity index (χ4v) is 3.88. The van der Waals surface area contributed by atoms with Crippen molar-refractivity contribution in [1.29, 1.82) is 0 Å². The third kappa shape index (κ3) is 2.13. The SMILES string of the molecule is CCC(C)N(C)C1(CN)CCN2CCCCC21. The van der Waals surface area contributed by atoms with Crippen LogP contribution in [0.4, 0.5) is 0 Å². The van der Waals surface area contributed by atoms with Crippen molar-refractivity contribution in [3.63, 3.8) is 0 Å². The predicted octanol–water partition coefficient (Wildman–Crippen LogP) is 1.67. The van der Waals surface area contributed by atoms with E-state index in [4.69, 9.17) is 5.73 Å². The number of nitrogens with zero attached hydrogens (tertiary/aromatic N) is 2. The van der Waals surface area contributed by atoms with Crippen LogP contribution >= 0.6 is 0 Å². The molecule has 0 radical (unpaired) electrons. The van der Waals surface area contributed by atoms with Crippen molar-refractivity contribution in [2.75, 3.05) is 26.7 Å². The monoisotopic (exact) mass is 239 g/mol. The number of likely N-dealkylation sites (N-methyl/N-ethyl adjacent to an activating group) is 1. The first-order valence-electron chi connectivity index (χ1n) is 7.32. The number of fused-ring (bicyclic) bond motifs is 1. The summed E-state index contributed by atoms with van der Waals surface area (Å²) in [5.74, 6) is 0. The molecule has 3 nitrogen and oxygen atoms in total. The minimum atomic E-state index is 0.246. The molecule has 2 heterocycles. The van der Waals surface area contributed by atoms with Gasteiger partial charge in [-0.15, -0.1) is 0 Å². The molecular weight excluding hydrogens is 210 g/mol. The molecule has 100 valence electrons. The van der Waals surface area contributed by atoms with Gasteiger partial charge in [0.25, 0.3) is 0 Å². The fraction of sp³-hybridized carbons (Fsp3) is 1.00. The highest BCUT2D eigenvalue weighted by Gasteiger charge is 2.50. The van der Waals surface area contributed by atoms with Crippen LogP contribution in [0.2, 0.25) is 0 Å². The minimum Gasteiger partial charge on any atom is -0.329 e. The zero-order chi connectivity index (χ0) is 12.5. The number of nitrogens with two attached hydrogens (primary N) is 1. The van der Waals surface area contributed by atoms with E-state index < -0.39 is 0 Å². The molecule has 0 aromatic carbocycles. The van der Waals surface area contributed by atoms with Crippen molar-refractivity contribution in [2.45, 2.75) is 63.6 Å². The van der Waals surface area contributed by atoms with Crippen LogP contribution in [0.3, 0.4) is 0 Å². The van der Waals surface area contributed by atoms with Gasteiger partial charge in [-0.05, 0) is 46.2 Å². The van der Waals surface area contributed by atoms with Gasteiger partial charge in [-0.2, -0.15) is 0 Å². The molecular formula is C14H29N3. The molecule has 2 saturated heterocycles. The van der Waals surface area contributed by atoms with E-state index in [2.05, 4.69) is 30.7 Å². The fourth-order valence-electron chi connectivity index (χ4n) is 3.88. The van der Waals surface area contributed by atoms with Crippen molar-refractivity contribution < 1.29 is 0 Å². The summed E-state index contributed by atoms with van der Waals surface area (Å²) in [4.78, 5) is 5.28. The van der Waals surface area contributed by atoms with Crippen LogP contribution in [0.5, 0.6) is 0 Å². The van der Waals surface area contributed by atoms with E-state index >= 15 is 0 Å². The molecule has 0 saturated carbocycles. The summed E-state index contributed by atoms with van der Waals surface area (Å²) in [5, 5.41) is 0. The lowest BCUT2D eigenvalue weighted by Gasteiger charge is -2.48. The average molecular weight is 239 g/mol. The van der Waals surface area contributed by atoms with Crippen molar-refractivity contribution in [1.82, 2.24) is 9.80 Å². The first-order chi connectivity index (χ1) is 8.15. The Morgan fingerprint density at radius 3 is 2.82 bits per heavy atom. The third-order valence-electron chi connectivity index (χ3n) is 5.37. The quantitative estimate of drug-likeness (QED) is 0.810. The lowest BCUT2D eigenvalue weighted by atomic mass is 9.83. The summed E-state index contributed by atoms with van der Waals surface area (Å²) >= 11 is 0. The molecule has 2 N–H and O–H groups in total. The number of hydrogen-bond donors (Lipinski definition) is 1. The topological polar surface area (TPSA) is 32.5 Å². The van der Waals surface area contributed by atoms with Crippen molar-refractivity contribution >= 4 is 0 Å². The van der Waals surface area contributed by atoms with Crippen molar-refractivity contribution in [3.8, 4) is 0 Å². The maximum absolute atomic E-state index is 6.20. The molecule has 0 aliphatic carbocycles. The average Bonchev–Trinajstić information content (AvgIpc) is 2.77. The van der Waals surface area contributed by atoms with Crippen LogP contribution in [0.15, 0.2) is 0 Å². The molecule has 0 spiro atoms. The van der Waals surface area contributed by atoms with Crippen LogP contribution in [0, 0.1) is 0 Å². The molecule has 3 unspecified atom stereocenters. The number of hydrogen-bond acceptors (Lipinski definition) is 3. The Hall–Kier alpha value is -0.120. The van der Waals surface area contributed by atoms with E-state index in [1.807, 2.05) is 0 Å². The largest absolute Gasteiger partial charge is 0.329 e. The highest BCUT2D eigenvalue weighted by Crippen LogP contribution is 2.39. The Bertz CT molecular complexity index is 256. The van der Waals surface area contributed by atoms with Crippen LogP contribution in [-0.2, 0) is 0 Å². The molecule has 2 rings (SSSR count). The maximum Gasteiger partial charge on any atom is 0.0498 e. The summed E-state index contributed by atoms with van der Waals surface area (Å²) in [7, 11) is 2.29. The zero-order valence-corrected chi connectivity index (χ0v) is 11.8. The van der Waals surface area contributed by atoms with E-state index in [1.54, 1.807) is 0 Å². The van der Waals surface area contributed by atoms with Crippen LogP contribution in [0.25, 0.3) is 0 Å². The molecule has 2 aliphatic rings.